The van der Waals surface area contributed by atoms with Crippen LogP contribution >= 0.6 is 0 Å². The lowest BCUT2D eigenvalue weighted by Gasteiger charge is -2.12. The zero-order chi connectivity index (χ0) is 23.3. The molecule has 0 bridgehead atoms. The number of carbonyl (C=O) groups excluding carboxylic acids is 2. The van der Waals surface area contributed by atoms with Crippen molar-refractivity contribution in [3.05, 3.63) is 0 Å². The van der Waals surface area contributed by atoms with Gasteiger partial charge in [0, 0.05) is 12.8 Å². The van der Waals surface area contributed by atoms with Crippen LogP contribution in [0.15, 0.2) is 0 Å². The molecule has 0 fully saturated rings. The Morgan fingerprint density at radius 2 is 0.935 bits per heavy atom. The molecule has 4 heteroatoms. The van der Waals surface area contributed by atoms with Crippen molar-refractivity contribution < 1.29 is 19.1 Å². The fourth-order valence-electron chi connectivity index (χ4n) is 3.57. The second kappa shape index (κ2) is 20.8. The van der Waals surface area contributed by atoms with Crippen LogP contribution in [0.1, 0.15) is 131 Å². The lowest BCUT2D eigenvalue weighted by atomic mass is 9.98. The largest absolute Gasteiger partial charge is 0.465 e. The van der Waals surface area contributed by atoms with Crippen LogP contribution in [0.3, 0.4) is 0 Å². The van der Waals surface area contributed by atoms with Crippen LogP contribution < -0.4 is 0 Å². The van der Waals surface area contributed by atoms with Gasteiger partial charge in [-0.05, 0) is 24.2 Å². The van der Waals surface area contributed by atoms with Gasteiger partial charge < -0.3 is 9.47 Å². The molecular weight excluding hydrogens is 388 g/mol. The van der Waals surface area contributed by atoms with Crippen molar-refractivity contribution in [2.75, 3.05) is 13.2 Å². The fourth-order valence-corrected chi connectivity index (χ4v) is 3.57. The molecule has 0 N–H and O–H groups in total. The summed E-state index contributed by atoms with van der Waals surface area (Å²) in [6.07, 6.45) is 17.4. The van der Waals surface area contributed by atoms with Gasteiger partial charge in [0.05, 0.1) is 13.2 Å². The third kappa shape index (κ3) is 23.4. The molecule has 0 rings (SSSR count). The van der Waals surface area contributed by atoms with E-state index in [2.05, 4.69) is 34.6 Å². The first-order valence-electron chi connectivity index (χ1n) is 13.1. The van der Waals surface area contributed by atoms with E-state index in [9.17, 15) is 9.59 Å². The van der Waals surface area contributed by atoms with Crippen LogP contribution in [0.25, 0.3) is 0 Å². The Morgan fingerprint density at radius 3 is 1.39 bits per heavy atom. The lowest BCUT2D eigenvalue weighted by molar-refractivity contribution is -0.146. The van der Waals surface area contributed by atoms with Gasteiger partial charge in [-0.2, -0.15) is 0 Å². The van der Waals surface area contributed by atoms with Gasteiger partial charge in [0.25, 0.3) is 0 Å². The first kappa shape index (κ1) is 29.9. The molecule has 0 aliphatic heterocycles. The average molecular weight is 441 g/mol. The van der Waals surface area contributed by atoms with Crippen LogP contribution in [-0.2, 0) is 19.1 Å². The van der Waals surface area contributed by atoms with Gasteiger partial charge in [-0.15, -0.1) is 0 Å². The maximum atomic E-state index is 11.7. The summed E-state index contributed by atoms with van der Waals surface area (Å²) in [5, 5.41) is 0. The van der Waals surface area contributed by atoms with Crippen LogP contribution in [0.4, 0.5) is 0 Å². The van der Waals surface area contributed by atoms with E-state index in [1.54, 1.807) is 0 Å². The Balaban J connectivity index is 3.29. The van der Waals surface area contributed by atoms with Gasteiger partial charge in [0.2, 0.25) is 0 Å². The standard InChI is InChI=1S/C27H52O4/c1-23(2)21-30-26(28)19-17-15-13-11-9-7-6-8-10-12-14-16-18-25(5)20-27(29)31-22-24(3)4/h23-25H,6-22H2,1-5H3. The molecule has 4 nitrogen and oxygen atoms in total. The van der Waals surface area contributed by atoms with Crippen molar-refractivity contribution in [2.24, 2.45) is 17.8 Å². The van der Waals surface area contributed by atoms with E-state index < -0.39 is 0 Å². The highest BCUT2D eigenvalue weighted by Gasteiger charge is 2.10. The summed E-state index contributed by atoms with van der Waals surface area (Å²) in [4.78, 5) is 23.3. The second-order valence-corrected chi connectivity index (χ2v) is 10.2. The quantitative estimate of drug-likeness (QED) is 0.135. The molecule has 1 unspecified atom stereocenters. The maximum absolute atomic E-state index is 11.7. The Morgan fingerprint density at radius 1 is 0.548 bits per heavy atom. The highest BCUT2D eigenvalue weighted by molar-refractivity contribution is 5.69. The summed E-state index contributed by atoms with van der Waals surface area (Å²) in [7, 11) is 0. The number of esters is 2. The molecule has 1 atom stereocenters. The molecule has 0 heterocycles. The van der Waals surface area contributed by atoms with Gasteiger partial charge in [0.15, 0.2) is 0 Å². The van der Waals surface area contributed by atoms with E-state index >= 15 is 0 Å². The Bertz CT molecular complexity index is 431. The molecule has 0 saturated carbocycles. The third-order valence-electron chi connectivity index (χ3n) is 5.50. The zero-order valence-corrected chi connectivity index (χ0v) is 21.4. The van der Waals surface area contributed by atoms with Crippen LogP contribution in [0, 0.1) is 17.8 Å². The highest BCUT2D eigenvalue weighted by atomic mass is 16.5. The smallest absolute Gasteiger partial charge is 0.306 e. The zero-order valence-electron chi connectivity index (χ0n) is 21.4. The van der Waals surface area contributed by atoms with Crippen molar-refractivity contribution in [1.82, 2.24) is 0 Å². The van der Waals surface area contributed by atoms with Gasteiger partial charge in [-0.25, -0.2) is 0 Å². The van der Waals surface area contributed by atoms with E-state index in [4.69, 9.17) is 9.47 Å². The van der Waals surface area contributed by atoms with Gasteiger partial charge in [0.1, 0.15) is 0 Å². The van der Waals surface area contributed by atoms with Gasteiger partial charge in [-0.3, -0.25) is 9.59 Å². The van der Waals surface area contributed by atoms with Gasteiger partial charge >= 0.3 is 11.9 Å². The first-order valence-corrected chi connectivity index (χ1v) is 13.1. The molecule has 0 aromatic rings. The molecule has 0 aromatic carbocycles. The summed E-state index contributed by atoms with van der Waals surface area (Å²) in [6.45, 7) is 11.5. The Kier molecular flexibility index (Phi) is 20.1. The van der Waals surface area contributed by atoms with E-state index in [0.717, 1.165) is 19.3 Å². The molecule has 0 amide bonds. The lowest BCUT2D eigenvalue weighted by Crippen LogP contribution is -2.13. The molecule has 0 aromatic heterocycles. The van der Waals surface area contributed by atoms with Crippen molar-refractivity contribution in [3.8, 4) is 0 Å². The number of hydrogen-bond donors (Lipinski definition) is 0. The number of ether oxygens (including phenoxy) is 2. The van der Waals surface area contributed by atoms with Crippen LogP contribution in [0.5, 0.6) is 0 Å². The van der Waals surface area contributed by atoms with E-state index in [1.165, 1.54) is 64.2 Å². The summed E-state index contributed by atoms with van der Waals surface area (Å²) in [5.74, 6) is 1.20. The minimum Gasteiger partial charge on any atom is -0.465 e. The summed E-state index contributed by atoms with van der Waals surface area (Å²) in [5.41, 5.74) is 0. The number of hydrogen-bond acceptors (Lipinski definition) is 4. The molecule has 184 valence electrons. The molecule has 0 radical (unpaired) electrons. The number of rotatable bonds is 21. The fraction of sp³-hybridized carbons (Fsp3) is 0.926. The van der Waals surface area contributed by atoms with Crippen LogP contribution in [0.2, 0.25) is 0 Å². The summed E-state index contributed by atoms with van der Waals surface area (Å²) in [6, 6.07) is 0. The summed E-state index contributed by atoms with van der Waals surface area (Å²) >= 11 is 0. The third-order valence-corrected chi connectivity index (χ3v) is 5.50. The van der Waals surface area contributed by atoms with E-state index in [1.807, 2.05) is 0 Å². The number of unbranched alkanes of at least 4 members (excludes halogenated alkanes) is 11. The van der Waals surface area contributed by atoms with Crippen LogP contribution in [-0.4, -0.2) is 25.2 Å². The number of carbonyl (C=O) groups is 2. The highest BCUT2D eigenvalue weighted by Crippen LogP contribution is 2.17. The van der Waals surface area contributed by atoms with Gasteiger partial charge in [-0.1, -0.05) is 112 Å². The summed E-state index contributed by atoms with van der Waals surface area (Å²) < 4.78 is 10.5. The average Bonchev–Trinajstić information content (AvgIpc) is 2.70. The Hall–Kier alpha value is -1.06. The molecule has 0 aliphatic carbocycles. The molecule has 0 aliphatic rings. The van der Waals surface area contributed by atoms with Crippen molar-refractivity contribution in [2.45, 2.75) is 131 Å². The first-order chi connectivity index (χ1) is 14.8. The monoisotopic (exact) mass is 440 g/mol. The molecule has 0 saturated heterocycles. The molecule has 31 heavy (non-hydrogen) atoms. The SMILES string of the molecule is CC(C)COC(=O)CCCCCCCCCCCCCCC(C)CC(=O)OCC(C)C. The Labute approximate surface area is 193 Å². The minimum absolute atomic E-state index is 0.0349. The second-order valence-electron chi connectivity index (χ2n) is 10.2. The van der Waals surface area contributed by atoms with E-state index in [-0.39, 0.29) is 11.9 Å². The van der Waals surface area contributed by atoms with E-state index in [0.29, 0.717) is 43.8 Å². The maximum Gasteiger partial charge on any atom is 0.306 e. The molecular formula is C27H52O4. The predicted molar refractivity (Wildman–Crippen MR) is 130 cm³/mol. The molecule has 0 spiro atoms. The van der Waals surface area contributed by atoms with Crippen molar-refractivity contribution in [1.29, 1.82) is 0 Å². The topological polar surface area (TPSA) is 52.6 Å². The van der Waals surface area contributed by atoms with Crippen molar-refractivity contribution in [3.63, 3.8) is 0 Å². The van der Waals surface area contributed by atoms with Crippen molar-refractivity contribution >= 4 is 11.9 Å². The predicted octanol–water partition coefficient (Wildman–Crippen LogP) is 7.87. The minimum atomic E-state index is -0.0367. The normalized spacial score (nSPS) is 12.4.